The number of nitriles is 1. The summed E-state index contributed by atoms with van der Waals surface area (Å²) < 4.78 is 5.24. The number of hydrogen-bond donors (Lipinski definition) is 0. The standard InChI is InChI=1S/C12H7NO2/c13-7-9-3-1-2-4-11(9)12-6-5-10(8-14)15-12/h1-6,8H. The van der Waals surface area contributed by atoms with Gasteiger partial charge in [-0.3, -0.25) is 4.79 Å². The first-order valence-corrected chi connectivity index (χ1v) is 4.39. The summed E-state index contributed by atoms with van der Waals surface area (Å²) in [6, 6.07) is 12.4. The number of carbonyl (C=O) groups is 1. The van der Waals surface area contributed by atoms with E-state index in [1.165, 1.54) is 0 Å². The summed E-state index contributed by atoms with van der Waals surface area (Å²) in [6.07, 6.45) is 0.637. The summed E-state index contributed by atoms with van der Waals surface area (Å²) in [5.41, 5.74) is 1.23. The van der Waals surface area contributed by atoms with Crippen LogP contribution in [0, 0.1) is 11.3 Å². The second-order valence-corrected chi connectivity index (χ2v) is 2.98. The van der Waals surface area contributed by atoms with Gasteiger partial charge in [0.2, 0.25) is 0 Å². The highest BCUT2D eigenvalue weighted by molar-refractivity contribution is 5.74. The number of furan rings is 1. The molecule has 0 unspecified atom stereocenters. The van der Waals surface area contributed by atoms with Gasteiger partial charge in [-0.2, -0.15) is 5.26 Å². The molecule has 15 heavy (non-hydrogen) atoms. The molecular weight excluding hydrogens is 190 g/mol. The van der Waals surface area contributed by atoms with E-state index >= 15 is 0 Å². The van der Waals surface area contributed by atoms with Gasteiger partial charge in [-0.15, -0.1) is 0 Å². The van der Waals surface area contributed by atoms with Gasteiger partial charge in [0.05, 0.1) is 11.6 Å². The molecule has 0 fully saturated rings. The Morgan fingerprint density at radius 2 is 2.00 bits per heavy atom. The molecule has 0 amide bonds. The van der Waals surface area contributed by atoms with Crippen LogP contribution in [-0.4, -0.2) is 6.29 Å². The van der Waals surface area contributed by atoms with Crippen molar-refractivity contribution in [2.75, 3.05) is 0 Å². The van der Waals surface area contributed by atoms with Gasteiger partial charge in [0.25, 0.3) is 0 Å². The molecule has 0 spiro atoms. The van der Waals surface area contributed by atoms with Crippen LogP contribution in [0.3, 0.4) is 0 Å². The SMILES string of the molecule is N#Cc1ccccc1-c1ccc(C=O)o1. The Kier molecular flexibility index (Phi) is 2.34. The summed E-state index contributed by atoms with van der Waals surface area (Å²) in [5.74, 6) is 0.798. The molecule has 3 heteroatoms. The van der Waals surface area contributed by atoms with Gasteiger partial charge >= 0.3 is 0 Å². The summed E-state index contributed by atoms with van der Waals surface area (Å²) >= 11 is 0. The van der Waals surface area contributed by atoms with Crippen LogP contribution in [0.15, 0.2) is 40.8 Å². The van der Waals surface area contributed by atoms with Gasteiger partial charge in [0, 0.05) is 5.56 Å². The number of hydrogen-bond acceptors (Lipinski definition) is 3. The topological polar surface area (TPSA) is 54.0 Å². The summed E-state index contributed by atoms with van der Waals surface area (Å²) in [7, 11) is 0. The lowest BCUT2D eigenvalue weighted by atomic mass is 10.1. The van der Waals surface area contributed by atoms with Crippen LogP contribution >= 0.6 is 0 Å². The van der Waals surface area contributed by atoms with Crippen molar-refractivity contribution in [3.05, 3.63) is 47.7 Å². The molecule has 0 aliphatic heterocycles. The molecule has 0 saturated heterocycles. The maximum absolute atomic E-state index is 10.4. The van der Waals surface area contributed by atoms with Crippen molar-refractivity contribution >= 4 is 6.29 Å². The maximum Gasteiger partial charge on any atom is 0.185 e. The van der Waals surface area contributed by atoms with Crippen molar-refractivity contribution in [1.29, 1.82) is 5.26 Å². The molecule has 0 atom stereocenters. The van der Waals surface area contributed by atoms with Gasteiger partial charge in [0.1, 0.15) is 5.76 Å². The van der Waals surface area contributed by atoms with E-state index in [0.717, 1.165) is 0 Å². The minimum absolute atomic E-state index is 0.262. The van der Waals surface area contributed by atoms with E-state index in [9.17, 15) is 4.79 Å². The molecule has 0 saturated carbocycles. The number of aldehydes is 1. The molecule has 2 rings (SSSR count). The van der Waals surface area contributed by atoms with Crippen LogP contribution in [-0.2, 0) is 0 Å². The van der Waals surface area contributed by atoms with E-state index in [2.05, 4.69) is 6.07 Å². The monoisotopic (exact) mass is 197 g/mol. The minimum Gasteiger partial charge on any atom is -0.453 e. The molecule has 2 aromatic rings. The molecule has 72 valence electrons. The Labute approximate surface area is 86.6 Å². The number of benzene rings is 1. The first kappa shape index (κ1) is 9.22. The lowest BCUT2D eigenvalue weighted by Crippen LogP contribution is -1.80. The number of nitrogens with zero attached hydrogens (tertiary/aromatic N) is 1. The Bertz CT molecular complexity index is 535. The Morgan fingerprint density at radius 1 is 1.20 bits per heavy atom. The molecule has 3 nitrogen and oxygen atoms in total. The molecule has 1 aromatic heterocycles. The zero-order valence-electron chi connectivity index (χ0n) is 7.81. The summed E-state index contributed by atoms with van der Waals surface area (Å²) in [4.78, 5) is 10.4. The fraction of sp³-hybridized carbons (Fsp3) is 0. The first-order chi connectivity index (χ1) is 7.35. The molecule has 0 radical (unpaired) electrons. The van der Waals surface area contributed by atoms with Crippen LogP contribution < -0.4 is 0 Å². The maximum atomic E-state index is 10.4. The van der Waals surface area contributed by atoms with E-state index in [1.54, 1.807) is 30.3 Å². The van der Waals surface area contributed by atoms with Gasteiger partial charge in [-0.25, -0.2) is 0 Å². The van der Waals surface area contributed by atoms with E-state index in [-0.39, 0.29) is 5.76 Å². The lowest BCUT2D eigenvalue weighted by Gasteiger charge is -1.98. The zero-order valence-corrected chi connectivity index (χ0v) is 7.81. The molecule has 1 aromatic carbocycles. The minimum atomic E-state index is 0.262. The third-order valence-corrected chi connectivity index (χ3v) is 2.06. The smallest absolute Gasteiger partial charge is 0.185 e. The van der Waals surface area contributed by atoms with Gasteiger partial charge in [0.15, 0.2) is 12.0 Å². The highest BCUT2D eigenvalue weighted by atomic mass is 16.3. The van der Waals surface area contributed by atoms with Crippen LogP contribution in [0.1, 0.15) is 16.1 Å². The molecule has 0 N–H and O–H groups in total. The van der Waals surface area contributed by atoms with Crippen LogP contribution in [0.25, 0.3) is 11.3 Å². The average Bonchev–Trinajstić information content (AvgIpc) is 2.77. The molecule has 1 heterocycles. The first-order valence-electron chi connectivity index (χ1n) is 4.39. The quantitative estimate of drug-likeness (QED) is 0.695. The normalized spacial score (nSPS) is 9.53. The average molecular weight is 197 g/mol. The van der Waals surface area contributed by atoms with E-state index < -0.39 is 0 Å². The summed E-state index contributed by atoms with van der Waals surface area (Å²) in [6.45, 7) is 0. The van der Waals surface area contributed by atoms with E-state index in [4.69, 9.17) is 9.68 Å². The highest BCUT2D eigenvalue weighted by Crippen LogP contribution is 2.24. The molecule has 0 bridgehead atoms. The van der Waals surface area contributed by atoms with Gasteiger partial charge < -0.3 is 4.42 Å². The van der Waals surface area contributed by atoms with Crippen LogP contribution in [0.4, 0.5) is 0 Å². The van der Waals surface area contributed by atoms with Crippen molar-refractivity contribution in [2.45, 2.75) is 0 Å². The second-order valence-electron chi connectivity index (χ2n) is 2.98. The van der Waals surface area contributed by atoms with Gasteiger partial charge in [-0.05, 0) is 24.3 Å². The van der Waals surface area contributed by atoms with Gasteiger partial charge in [-0.1, -0.05) is 12.1 Å². The fourth-order valence-electron chi connectivity index (χ4n) is 1.36. The predicted molar refractivity (Wildman–Crippen MR) is 54.2 cm³/mol. The Morgan fingerprint density at radius 3 is 2.67 bits per heavy atom. The molecular formula is C12H7NO2. The van der Waals surface area contributed by atoms with Crippen molar-refractivity contribution in [1.82, 2.24) is 0 Å². The van der Waals surface area contributed by atoms with Crippen LogP contribution in [0.5, 0.6) is 0 Å². The Hall–Kier alpha value is -2.34. The highest BCUT2D eigenvalue weighted by Gasteiger charge is 2.07. The van der Waals surface area contributed by atoms with E-state index in [0.29, 0.717) is 23.2 Å². The zero-order chi connectivity index (χ0) is 10.7. The van der Waals surface area contributed by atoms with Crippen molar-refractivity contribution in [3.63, 3.8) is 0 Å². The predicted octanol–water partition coefficient (Wildman–Crippen LogP) is 2.63. The lowest BCUT2D eigenvalue weighted by molar-refractivity contribution is 0.110. The van der Waals surface area contributed by atoms with Crippen molar-refractivity contribution < 1.29 is 9.21 Å². The summed E-state index contributed by atoms with van der Waals surface area (Å²) in [5, 5.41) is 8.88. The van der Waals surface area contributed by atoms with E-state index in [1.807, 2.05) is 6.07 Å². The third kappa shape index (κ3) is 1.65. The fourth-order valence-corrected chi connectivity index (χ4v) is 1.36. The largest absolute Gasteiger partial charge is 0.453 e. The third-order valence-electron chi connectivity index (χ3n) is 2.06. The number of carbonyl (C=O) groups excluding carboxylic acids is 1. The number of rotatable bonds is 2. The van der Waals surface area contributed by atoms with Crippen molar-refractivity contribution in [2.24, 2.45) is 0 Å². The molecule has 0 aliphatic rings. The van der Waals surface area contributed by atoms with Crippen molar-refractivity contribution in [3.8, 4) is 17.4 Å². The molecule has 0 aliphatic carbocycles. The van der Waals surface area contributed by atoms with Crippen LogP contribution in [0.2, 0.25) is 0 Å². The Balaban J connectivity index is 2.54. The second kappa shape index (κ2) is 3.81.